The molecule has 1 saturated heterocycles. The number of aliphatic imine (C=N–C) groups is 1. The number of furan rings is 1. The van der Waals surface area contributed by atoms with E-state index < -0.39 is 0 Å². The molecule has 1 aliphatic rings. The molecule has 0 saturated carbocycles. The second-order valence-electron chi connectivity index (χ2n) is 6.75. The molecule has 6 nitrogen and oxygen atoms in total. The number of guanidine groups is 1. The average molecular weight is 391 g/mol. The molecule has 7 heteroatoms. The predicted octanol–water partition coefficient (Wildman–Crippen LogP) is 2.73. The van der Waals surface area contributed by atoms with E-state index in [2.05, 4.69) is 33.0 Å². The van der Waals surface area contributed by atoms with E-state index in [1.54, 1.807) is 24.7 Å². The average Bonchev–Trinajstić information content (AvgIpc) is 3.39. The van der Waals surface area contributed by atoms with E-state index in [4.69, 9.17) is 14.1 Å². The highest BCUT2D eigenvalue weighted by Gasteiger charge is 2.19. The van der Waals surface area contributed by atoms with Crippen molar-refractivity contribution >= 4 is 17.3 Å². The summed E-state index contributed by atoms with van der Waals surface area (Å²) in [7, 11) is 1.76. The third-order valence-electron chi connectivity index (χ3n) is 4.76. The summed E-state index contributed by atoms with van der Waals surface area (Å²) in [4.78, 5) is 8.53. The summed E-state index contributed by atoms with van der Waals surface area (Å²) >= 11 is 1.74. The van der Waals surface area contributed by atoms with Gasteiger partial charge in [0.2, 0.25) is 0 Å². The van der Waals surface area contributed by atoms with Crippen molar-refractivity contribution in [2.45, 2.75) is 31.8 Å². The summed E-state index contributed by atoms with van der Waals surface area (Å²) in [5.74, 6) is 1.89. The van der Waals surface area contributed by atoms with Gasteiger partial charge in [-0.15, -0.1) is 11.3 Å². The van der Waals surface area contributed by atoms with Crippen LogP contribution in [-0.2, 0) is 17.7 Å². The van der Waals surface area contributed by atoms with E-state index in [0.717, 1.165) is 63.8 Å². The number of nitrogens with one attached hydrogen (secondary N) is 2. The molecule has 0 aromatic carbocycles. The van der Waals surface area contributed by atoms with Gasteiger partial charge in [-0.25, -0.2) is 4.99 Å². The van der Waals surface area contributed by atoms with E-state index in [0.29, 0.717) is 12.6 Å². The summed E-state index contributed by atoms with van der Waals surface area (Å²) in [6, 6.07) is 8.59. The van der Waals surface area contributed by atoms with Crippen molar-refractivity contribution in [1.82, 2.24) is 15.5 Å². The molecule has 0 bridgehead atoms. The zero-order valence-electron chi connectivity index (χ0n) is 16.0. The van der Waals surface area contributed by atoms with E-state index in [1.165, 1.54) is 4.88 Å². The van der Waals surface area contributed by atoms with Gasteiger partial charge in [0.15, 0.2) is 5.96 Å². The van der Waals surface area contributed by atoms with E-state index >= 15 is 0 Å². The minimum Gasteiger partial charge on any atom is -0.469 e. The van der Waals surface area contributed by atoms with Crippen LogP contribution >= 0.6 is 11.3 Å². The molecule has 0 amide bonds. The molecule has 148 valence electrons. The van der Waals surface area contributed by atoms with Crippen LogP contribution < -0.4 is 10.6 Å². The Labute approximate surface area is 165 Å². The second-order valence-corrected chi connectivity index (χ2v) is 7.79. The first-order valence-corrected chi connectivity index (χ1v) is 10.5. The van der Waals surface area contributed by atoms with Crippen LogP contribution in [0.4, 0.5) is 0 Å². The third-order valence-corrected chi connectivity index (χ3v) is 5.62. The molecule has 0 unspecified atom stereocenters. The fourth-order valence-electron chi connectivity index (χ4n) is 3.19. The number of methoxy groups -OCH3 is 1. The lowest BCUT2D eigenvalue weighted by Crippen LogP contribution is -2.49. The predicted molar refractivity (Wildman–Crippen MR) is 110 cm³/mol. The van der Waals surface area contributed by atoms with Gasteiger partial charge in [0.05, 0.1) is 19.4 Å². The van der Waals surface area contributed by atoms with Crippen molar-refractivity contribution in [2.75, 3.05) is 39.9 Å². The highest BCUT2D eigenvalue weighted by Crippen LogP contribution is 2.11. The Morgan fingerprint density at radius 2 is 2.22 bits per heavy atom. The van der Waals surface area contributed by atoms with Crippen molar-refractivity contribution < 1.29 is 9.15 Å². The van der Waals surface area contributed by atoms with Crippen LogP contribution in [0.1, 0.15) is 23.5 Å². The maximum atomic E-state index is 5.41. The van der Waals surface area contributed by atoms with E-state index in [9.17, 15) is 0 Å². The maximum Gasteiger partial charge on any atom is 0.191 e. The standard InChI is InChI=1S/C20H30N4O2S/c1-25-14-12-24-10-7-17(8-11-24)23-20(22-16-19-5-3-15-27-19)21-9-6-18-4-2-13-26-18/h2-5,13,15,17H,6-12,14,16H2,1H3,(H2,21,22,23). The first kappa shape index (κ1) is 19.9. The lowest BCUT2D eigenvalue weighted by atomic mass is 10.1. The Bertz CT molecular complexity index is 650. The number of piperidine rings is 1. The lowest BCUT2D eigenvalue weighted by molar-refractivity contribution is 0.128. The highest BCUT2D eigenvalue weighted by molar-refractivity contribution is 7.09. The van der Waals surface area contributed by atoms with E-state index in [-0.39, 0.29) is 0 Å². The Hall–Kier alpha value is -1.83. The minimum atomic E-state index is 0.460. The molecular formula is C20H30N4O2S. The zero-order valence-corrected chi connectivity index (χ0v) is 16.8. The van der Waals surface area contributed by atoms with Gasteiger partial charge >= 0.3 is 0 Å². The molecule has 0 spiro atoms. The molecule has 2 N–H and O–H groups in total. The van der Waals surface area contributed by atoms with Gasteiger partial charge in [0, 0.05) is 50.6 Å². The van der Waals surface area contributed by atoms with Crippen molar-refractivity contribution in [2.24, 2.45) is 4.99 Å². The molecule has 2 aromatic rings. The molecule has 3 heterocycles. The number of likely N-dealkylation sites (tertiary alicyclic amines) is 1. The largest absolute Gasteiger partial charge is 0.469 e. The third kappa shape index (κ3) is 7.01. The molecule has 2 aromatic heterocycles. The Morgan fingerprint density at radius 1 is 1.33 bits per heavy atom. The van der Waals surface area contributed by atoms with Crippen LogP contribution in [0.3, 0.4) is 0 Å². The van der Waals surface area contributed by atoms with Gasteiger partial charge in [-0.3, -0.25) is 0 Å². The number of ether oxygens (including phenoxy) is 1. The molecule has 0 aliphatic carbocycles. The van der Waals surface area contributed by atoms with Crippen LogP contribution in [0.2, 0.25) is 0 Å². The SMILES string of the molecule is COCCN1CCC(NC(=NCc2cccs2)NCCc2ccco2)CC1. The monoisotopic (exact) mass is 390 g/mol. The normalized spacial score (nSPS) is 16.6. The molecule has 27 heavy (non-hydrogen) atoms. The lowest BCUT2D eigenvalue weighted by Gasteiger charge is -2.32. The first-order chi connectivity index (χ1) is 13.3. The van der Waals surface area contributed by atoms with Crippen molar-refractivity contribution in [3.8, 4) is 0 Å². The van der Waals surface area contributed by atoms with Gasteiger partial charge < -0.3 is 24.7 Å². The van der Waals surface area contributed by atoms with Gasteiger partial charge in [-0.05, 0) is 36.4 Å². The van der Waals surface area contributed by atoms with Gasteiger partial charge in [0.1, 0.15) is 5.76 Å². The van der Waals surface area contributed by atoms with Crippen molar-refractivity contribution in [1.29, 1.82) is 0 Å². The Morgan fingerprint density at radius 3 is 2.93 bits per heavy atom. The summed E-state index contributed by atoms with van der Waals surface area (Å²) < 4.78 is 10.6. The molecule has 1 fully saturated rings. The smallest absolute Gasteiger partial charge is 0.191 e. The summed E-state index contributed by atoms with van der Waals surface area (Å²) in [5, 5.41) is 9.19. The Balaban J connectivity index is 1.49. The fraction of sp³-hybridized carbons (Fsp3) is 0.550. The van der Waals surface area contributed by atoms with Crippen LogP contribution in [0.25, 0.3) is 0 Å². The summed E-state index contributed by atoms with van der Waals surface area (Å²) in [6.45, 7) is 5.54. The molecular weight excluding hydrogens is 360 g/mol. The summed E-state index contributed by atoms with van der Waals surface area (Å²) in [5.41, 5.74) is 0. The number of thiophene rings is 1. The summed E-state index contributed by atoms with van der Waals surface area (Å²) in [6.07, 6.45) is 4.82. The molecule has 3 rings (SSSR count). The quantitative estimate of drug-likeness (QED) is 0.509. The van der Waals surface area contributed by atoms with Crippen LogP contribution in [0.5, 0.6) is 0 Å². The van der Waals surface area contributed by atoms with Crippen molar-refractivity contribution in [3.63, 3.8) is 0 Å². The minimum absolute atomic E-state index is 0.460. The number of hydrogen-bond acceptors (Lipinski definition) is 5. The zero-order chi connectivity index (χ0) is 18.7. The van der Waals surface area contributed by atoms with Crippen LogP contribution in [0, 0.1) is 0 Å². The number of rotatable bonds is 9. The highest BCUT2D eigenvalue weighted by atomic mass is 32.1. The maximum absolute atomic E-state index is 5.41. The Kier molecular flexibility index (Phi) is 8.20. The van der Waals surface area contributed by atoms with Gasteiger partial charge in [0.25, 0.3) is 0 Å². The first-order valence-electron chi connectivity index (χ1n) is 9.64. The molecule has 1 aliphatic heterocycles. The second kappa shape index (κ2) is 11.1. The van der Waals surface area contributed by atoms with Crippen LogP contribution in [-0.4, -0.2) is 56.8 Å². The van der Waals surface area contributed by atoms with Crippen LogP contribution in [0.15, 0.2) is 45.3 Å². The molecule has 0 radical (unpaired) electrons. The number of hydrogen-bond donors (Lipinski definition) is 2. The van der Waals surface area contributed by atoms with Gasteiger partial charge in [-0.2, -0.15) is 0 Å². The molecule has 0 atom stereocenters. The van der Waals surface area contributed by atoms with E-state index in [1.807, 2.05) is 12.1 Å². The van der Waals surface area contributed by atoms with Gasteiger partial charge in [-0.1, -0.05) is 6.07 Å². The number of nitrogens with zero attached hydrogens (tertiary/aromatic N) is 2. The topological polar surface area (TPSA) is 62.0 Å². The van der Waals surface area contributed by atoms with Crippen molar-refractivity contribution in [3.05, 3.63) is 46.5 Å². The fourth-order valence-corrected chi connectivity index (χ4v) is 3.81.